The van der Waals surface area contributed by atoms with Crippen molar-refractivity contribution < 1.29 is 4.74 Å². The minimum atomic E-state index is 0.291. The lowest BCUT2D eigenvalue weighted by Crippen LogP contribution is -2.40. The Labute approximate surface area is 114 Å². The van der Waals surface area contributed by atoms with Crippen LogP contribution in [0.1, 0.15) is 30.4 Å². The minimum absolute atomic E-state index is 0.291. The van der Waals surface area contributed by atoms with Gasteiger partial charge in [-0.25, -0.2) is 0 Å². The molecule has 1 saturated carbocycles. The third-order valence-electron chi connectivity index (χ3n) is 3.73. The van der Waals surface area contributed by atoms with Gasteiger partial charge < -0.3 is 15.8 Å². The molecule has 1 aliphatic rings. The fourth-order valence-electron chi connectivity index (χ4n) is 2.53. The van der Waals surface area contributed by atoms with Crippen molar-refractivity contribution in [3.63, 3.8) is 0 Å². The highest BCUT2D eigenvalue weighted by molar-refractivity contribution is 6.32. The molecule has 3 N–H and O–H groups in total. The Bertz CT molecular complexity index is 423. The first-order chi connectivity index (χ1) is 8.61. The molecular weight excluding hydrogens is 248 g/mol. The van der Waals surface area contributed by atoms with Crippen LogP contribution >= 0.6 is 11.6 Å². The van der Waals surface area contributed by atoms with E-state index in [-0.39, 0.29) is 0 Å². The molecule has 100 valence electrons. The molecule has 0 amide bonds. The summed E-state index contributed by atoms with van der Waals surface area (Å²) in [4.78, 5) is 0. The molecule has 3 nitrogen and oxygen atoms in total. The van der Waals surface area contributed by atoms with E-state index in [9.17, 15) is 0 Å². The van der Waals surface area contributed by atoms with E-state index in [1.807, 2.05) is 12.1 Å². The van der Waals surface area contributed by atoms with E-state index in [4.69, 9.17) is 22.1 Å². The summed E-state index contributed by atoms with van der Waals surface area (Å²) in [7, 11) is 1.64. The van der Waals surface area contributed by atoms with Gasteiger partial charge in [0.25, 0.3) is 0 Å². The summed E-state index contributed by atoms with van der Waals surface area (Å²) in [5.41, 5.74) is 8.45. The smallest absolute Gasteiger partial charge is 0.137 e. The van der Waals surface area contributed by atoms with E-state index in [0.29, 0.717) is 17.1 Å². The number of methoxy groups -OCH3 is 1. The Morgan fingerprint density at radius 3 is 2.83 bits per heavy atom. The predicted molar refractivity (Wildman–Crippen MR) is 75.2 cm³/mol. The van der Waals surface area contributed by atoms with Crippen LogP contribution in [0.5, 0.6) is 5.75 Å². The number of nitrogens with one attached hydrogen (secondary N) is 1. The summed E-state index contributed by atoms with van der Waals surface area (Å²) in [5, 5.41) is 4.19. The molecule has 0 aliphatic heterocycles. The van der Waals surface area contributed by atoms with E-state index in [2.05, 4.69) is 12.2 Å². The molecule has 0 bridgehead atoms. The summed E-state index contributed by atoms with van der Waals surface area (Å²) in [6.45, 7) is 2.89. The Morgan fingerprint density at radius 1 is 1.44 bits per heavy atom. The summed E-state index contributed by atoms with van der Waals surface area (Å²) in [6.07, 6.45) is 3.52. The number of hydrogen-bond acceptors (Lipinski definition) is 3. The van der Waals surface area contributed by atoms with Crippen LogP contribution in [0.2, 0.25) is 5.02 Å². The van der Waals surface area contributed by atoms with Crippen LogP contribution in [0.15, 0.2) is 12.1 Å². The van der Waals surface area contributed by atoms with Gasteiger partial charge >= 0.3 is 0 Å². The SMILES string of the molecule is COc1cc(C)c(CNC2CCCC2N)cc1Cl. The summed E-state index contributed by atoms with van der Waals surface area (Å²) in [5.74, 6) is 0.732. The molecule has 0 saturated heterocycles. The van der Waals surface area contributed by atoms with Gasteiger partial charge in [-0.05, 0) is 43.0 Å². The van der Waals surface area contributed by atoms with E-state index >= 15 is 0 Å². The van der Waals surface area contributed by atoms with Gasteiger partial charge in [0.2, 0.25) is 0 Å². The largest absolute Gasteiger partial charge is 0.495 e. The molecule has 18 heavy (non-hydrogen) atoms. The lowest BCUT2D eigenvalue weighted by atomic mass is 10.1. The first-order valence-electron chi connectivity index (χ1n) is 6.44. The average Bonchev–Trinajstić information content (AvgIpc) is 2.75. The molecule has 1 fully saturated rings. The van der Waals surface area contributed by atoms with Gasteiger partial charge in [-0.1, -0.05) is 18.0 Å². The second kappa shape index (κ2) is 5.91. The van der Waals surface area contributed by atoms with Gasteiger partial charge in [0.05, 0.1) is 12.1 Å². The van der Waals surface area contributed by atoms with Crippen LogP contribution in [0, 0.1) is 6.92 Å². The number of hydrogen-bond donors (Lipinski definition) is 2. The highest BCUT2D eigenvalue weighted by Crippen LogP contribution is 2.28. The summed E-state index contributed by atoms with van der Waals surface area (Å²) < 4.78 is 5.20. The number of nitrogens with two attached hydrogens (primary N) is 1. The third-order valence-corrected chi connectivity index (χ3v) is 4.03. The van der Waals surface area contributed by atoms with Gasteiger partial charge in [0.15, 0.2) is 0 Å². The van der Waals surface area contributed by atoms with Crippen molar-refractivity contribution in [3.8, 4) is 5.75 Å². The summed E-state index contributed by atoms with van der Waals surface area (Å²) >= 11 is 6.15. The molecule has 4 heteroatoms. The standard InChI is InChI=1S/C14H21ClN2O/c1-9-6-14(18-2)11(15)7-10(9)8-17-13-5-3-4-12(13)16/h6-7,12-13,17H,3-5,8,16H2,1-2H3. The Morgan fingerprint density at radius 2 is 2.22 bits per heavy atom. The molecule has 2 atom stereocenters. The highest BCUT2D eigenvalue weighted by Gasteiger charge is 2.23. The van der Waals surface area contributed by atoms with Crippen molar-refractivity contribution in [2.45, 2.75) is 44.8 Å². The van der Waals surface area contributed by atoms with Crippen molar-refractivity contribution in [2.24, 2.45) is 5.73 Å². The van der Waals surface area contributed by atoms with E-state index < -0.39 is 0 Å². The second-order valence-corrected chi connectivity index (χ2v) is 5.40. The van der Waals surface area contributed by atoms with Crippen LogP contribution < -0.4 is 15.8 Å². The number of rotatable bonds is 4. The van der Waals surface area contributed by atoms with Crippen molar-refractivity contribution >= 4 is 11.6 Å². The van der Waals surface area contributed by atoms with Crippen LogP contribution in [-0.2, 0) is 6.54 Å². The van der Waals surface area contributed by atoms with E-state index in [1.54, 1.807) is 7.11 Å². The maximum atomic E-state index is 6.15. The number of aryl methyl sites for hydroxylation is 1. The maximum absolute atomic E-state index is 6.15. The fraction of sp³-hybridized carbons (Fsp3) is 0.571. The first-order valence-corrected chi connectivity index (χ1v) is 6.81. The molecule has 2 rings (SSSR count). The van der Waals surface area contributed by atoms with Gasteiger partial charge in [0.1, 0.15) is 5.75 Å². The lowest BCUT2D eigenvalue weighted by molar-refractivity contribution is 0.414. The quantitative estimate of drug-likeness (QED) is 0.883. The van der Waals surface area contributed by atoms with Crippen molar-refractivity contribution in [1.82, 2.24) is 5.32 Å². The zero-order valence-electron chi connectivity index (χ0n) is 11.0. The minimum Gasteiger partial charge on any atom is -0.495 e. The Kier molecular flexibility index (Phi) is 4.49. The molecule has 0 heterocycles. The molecule has 1 aromatic rings. The number of halogens is 1. The second-order valence-electron chi connectivity index (χ2n) is 5.00. The monoisotopic (exact) mass is 268 g/mol. The number of ether oxygens (including phenoxy) is 1. The molecule has 1 aromatic carbocycles. The average molecular weight is 269 g/mol. The van der Waals surface area contributed by atoms with E-state index in [1.165, 1.54) is 24.0 Å². The highest BCUT2D eigenvalue weighted by atomic mass is 35.5. The van der Waals surface area contributed by atoms with Crippen molar-refractivity contribution in [2.75, 3.05) is 7.11 Å². The van der Waals surface area contributed by atoms with Gasteiger partial charge in [-0.15, -0.1) is 0 Å². The number of benzene rings is 1. The van der Waals surface area contributed by atoms with E-state index in [0.717, 1.165) is 18.7 Å². The Balaban J connectivity index is 2.03. The zero-order chi connectivity index (χ0) is 13.1. The van der Waals surface area contributed by atoms with Gasteiger partial charge in [-0.2, -0.15) is 0 Å². The predicted octanol–water partition coefficient (Wildman–Crippen LogP) is 2.63. The van der Waals surface area contributed by atoms with Crippen LogP contribution in [0.4, 0.5) is 0 Å². The van der Waals surface area contributed by atoms with Gasteiger partial charge in [0, 0.05) is 18.6 Å². The van der Waals surface area contributed by atoms with Crippen LogP contribution in [-0.4, -0.2) is 19.2 Å². The van der Waals surface area contributed by atoms with Crippen molar-refractivity contribution in [3.05, 3.63) is 28.3 Å². The molecule has 2 unspecified atom stereocenters. The molecule has 0 radical (unpaired) electrons. The van der Waals surface area contributed by atoms with Crippen LogP contribution in [0.25, 0.3) is 0 Å². The van der Waals surface area contributed by atoms with Gasteiger partial charge in [-0.3, -0.25) is 0 Å². The normalized spacial score (nSPS) is 23.3. The third kappa shape index (κ3) is 2.97. The fourth-order valence-corrected chi connectivity index (χ4v) is 2.79. The van der Waals surface area contributed by atoms with Crippen LogP contribution in [0.3, 0.4) is 0 Å². The molecular formula is C14H21ClN2O. The van der Waals surface area contributed by atoms with Crippen molar-refractivity contribution in [1.29, 1.82) is 0 Å². The molecule has 0 spiro atoms. The topological polar surface area (TPSA) is 47.3 Å². The first kappa shape index (κ1) is 13.7. The summed E-state index contributed by atoms with van der Waals surface area (Å²) in [6, 6.07) is 4.68. The maximum Gasteiger partial charge on any atom is 0.137 e. The zero-order valence-corrected chi connectivity index (χ0v) is 11.8. The Hall–Kier alpha value is -0.770. The molecule has 0 aromatic heterocycles. The molecule has 1 aliphatic carbocycles. The lowest BCUT2D eigenvalue weighted by Gasteiger charge is -2.18.